The summed E-state index contributed by atoms with van der Waals surface area (Å²) in [5.41, 5.74) is 7.67. The van der Waals surface area contributed by atoms with Crippen LogP contribution in [0.1, 0.15) is 96.6 Å². The number of carbonyl (C=O) groups is 2. The molecule has 0 aromatic heterocycles. The number of anilines is 1. The number of nitrogens with one attached hydrogen (secondary N) is 2. The van der Waals surface area contributed by atoms with Crippen LogP contribution in [0.5, 0.6) is 0 Å². The zero-order chi connectivity index (χ0) is 39.8. The van der Waals surface area contributed by atoms with Crippen LogP contribution < -0.4 is 27.9 Å². The van der Waals surface area contributed by atoms with Gasteiger partial charge >= 0.3 is 6.09 Å². The molecule has 10 heteroatoms. The van der Waals surface area contributed by atoms with Gasteiger partial charge in [0.25, 0.3) is 0 Å². The molecule has 0 spiro atoms. The monoisotopic (exact) mass is 800 g/mol. The number of amides is 2. The van der Waals surface area contributed by atoms with Crippen molar-refractivity contribution in [3.63, 3.8) is 0 Å². The summed E-state index contributed by atoms with van der Waals surface area (Å²) in [6, 6.07) is 17.4. The smallest absolute Gasteiger partial charge is 0.407 e. The van der Waals surface area contributed by atoms with Crippen molar-refractivity contribution >= 4 is 29.1 Å². The minimum Gasteiger partial charge on any atom is -1.00 e. The molecule has 9 nitrogen and oxygen atoms in total. The molecule has 0 bridgehead atoms. The van der Waals surface area contributed by atoms with Crippen LogP contribution in [0.25, 0.3) is 0 Å². The molecule has 1 atom stereocenters. The average Bonchev–Trinajstić information content (AvgIpc) is 3.50. The second-order valence-electron chi connectivity index (χ2n) is 16.0. The molecule has 57 heavy (non-hydrogen) atoms. The number of fused-ring (bicyclic) bond motifs is 2. The fraction of sp³-hybridized carbons (Fsp3) is 0.511. The van der Waals surface area contributed by atoms with Gasteiger partial charge in [-0.05, 0) is 76.2 Å². The van der Waals surface area contributed by atoms with Crippen molar-refractivity contribution in [3.05, 3.63) is 108 Å². The van der Waals surface area contributed by atoms with Crippen LogP contribution in [0.2, 0.25) is 0 Å². The zero-order valence-corrected chi connectivity index (χ0v) is 35.6. The third kappa shape index (κ3) is 12.7. The summed E-state index contributed by atoms with van der Waals surface area (Å²) in [7, 11) is 2.15. The number of hydrogen-bond donors (Lipinski definition) is 2. The molecule has 2 amide bonds. The molecule has 1 aliphatic carbocycles. The van der Waals surface area contributed by atoms with Gasteiger partial charge in [-0.25, -0.2) is 4.79 Å². The molecule has 2 aromatic carbocycles. The highest BCUT2D eigenvalue weighted by Crippen LogP contribution is 2.47. The van der Waals surface area contributed by atoms with E-state index in [1.54, 1.807) is 0 Å². The Bertz CT molecular complexity index is 1780. The molecule has 2 heterocycles. The van der Waals surface area contributed by atoms with Crippen molar-refractivity contribution in [1.82, 2.24) is 10.6 Å². The van der Waals surface area contributed by atoms with E-state index in [0.29, 0.717) is 45.9 Å². The van der Waals surface area contributed by atoms with Gasteiger partial charge in [-0.3, -0.25) is 4.79 Å². The fourth-order valence-electron chi connectivity index (χ4n) is 8.08. The zero-order valence-electron chi connectivity index (χ0n) is 34.9. The number of alkyl carbamates (subject to hydrolysis) is 1. The van der Waals surface area contributed by atoms with Crippen LogP contribution >= 0.6 is 0 Å². The third-order valence-corrected chi connectivity index (χ3v) is 11.2. The Balaban J connectivity index is 0.00000720. The van der Waals surface area contributed by atoms with E-state index in [1.807, 2.05) is 6.08 Å². The number of allylic oxidation sites excluding steroid dienone is 7. The highest BCUT2D eigenvalue weighted by Gasteiger charge is 2.42. The first-order chi connectivity index (χ1) is 27.1. The van der Waals surface area contributed by atoms with Gasteiger partial charge in [0.2, 0.25) is 11.6 Å². The Hall–Kier alpha value is -4.18. The van der Waals surface area contributed by atoms with Crippen LogP contribution in [0.3, 0.4) is 0 Å². The van der Waals surface area contributed by atoms with Gasteiger partial charge < -0.3 is 42.2 Å². The van der Waals surface area contributed by atoms with Crippen molar-refractivity contribution < 1.29 is 40.8 Å². The summed E-state index contributed by atoms with van der Waals surface area (Å²) >= 11 is 0. The van der Waals surface area contributed by atoms with Gasteiger partial charge in [0, 0.05) is 60.6 Å². The normalized spacial score (nSPS) is 19.6. The number of hydrogen-bond acceptors (Lipinski definition) is 6. The van der Waals surface area contributed by atoms with Crippen molar-refractivity contribution in [3.8, 4) is 0 Å². The van der Waals surface area contributed by atoms with Crippen molar-refractivity contribution in [2.45, 2.75) is 102 Å². The van der Waals surface area contributed by atoms with E-state index in [2.05, 4.69) is 140 Å². The predicted octanol–water partition coefficient (Wildman–Crippen LogP) is 5.82. The summed E-state index contributed by atoms with van der Waals surface area (Å²) in [4.78, 5) is 27.0. The Kier molecular flexibility index (Phi) is 18.1. The lowest BCUT2D eigenvalue weighted by atomic mass is 9.81. The summed E-state index contributed by atoms with van der Waals surface area (Å²) in [6.07, 6.45) is 23.2. The molecular formula is C47H65ClN4O5. The summed E-state index contributed by atoms with van der Waals surface area (Å²) in [6.45, 7) is 12.6. The highest BCUT2D eigenvalue weighted by molar-refractivity contribution is 6.03. The number of carbonyl (C=O) groups excluding carboxylic acids is 2. The Morgan fingerprint density at radius 2 is 1.54 bits per heavy atom. The maximum absolute atomic E-state index is 12.5. The molecule has 0 saturated carbocycles. The van der Waals surface area contributed by atoms with E-state index in [4.69, 9.17) is 14.2 Å². The first-order valence-electron chi connectivity index (χ1n) is 20.8. The SMILES string of the molecule is C[N+]1=C(/C=C/C=C/C=C2/N(CCCCCC(=O)NCCOCCOCCNC(=O)OC3/C=C/CCCCC3)c3ccccc3C2(C)C)C(C)(C)c2ccccc21.[Cl-]. The standard InChI is InChI=1S/C47H64N4O5.ClH/c1-46(2)38-23-16-18-25-40(38)50(5)42(46)27-13-9-14-28-43-47(3,4)39-24-17-19-26-41(39)51(43)32-20-10-15-29-44(52)48-30-33-54-35-36-55-34-31-49-45(53)56-37-21-11-7-6-8-12-22-37;/h9,11,13-14,16-19,21,23-28,37H,6-8,10,12,15,20,22,29-36H2,1-5H3,(H-,48,49,52,53);1H/b21-11+;. The van der Waals surface area contributed by atoms with Crippen molar-refractivity contribution in [2.75, 3.05) is 58.0 Å². The van der Waals surface area contributed by atoms with Crippen molar-refractivity contribution in [1.29, 1.82) is 0 Å². The van der Waals surface area contributed by atoms with Gasteiger partial charge in [0.05, 0.1) is 31.8 Å². The van der Waals surface area contributed by atoms with E-state index < -0.39 is 6.09 Å². The van der Waals surface area contributed by atoms with Crippen LogP contribution in [0, 0.1) is 0 Å². The minimum atomic E-state index is -0.408. The molecule has 2 N–H and O–H groups in total. The number of unbranched alkanes of at least 4 members (excludes halogenated alkanes) is 2. The molecule has 5 rings (SSSR count). The molecule has 3 aliphatic rings. The minimum absolute atomic E-state index is 0. The van der Waals surface area contributed by atoms with Crippen LogP contribution in [0.15, 0.2) is 96.8 Å². The third-order valence-electron chi connectivity index (χ3n) is 11.2. The van der Waals surface area contributed by atoms with Gasteiger partial charge in [-0.15, -0.1) is 0 Å². The first kappa shape index (κ1) is 45.5. The van der Waals surface area contributed by atoms with Crippen LogP contribution in [-0.2, 0) is 29.8 Å². The number of ether oxygens (including phenoxy) is 3. The molecule has 2 aliphatic heterocycles. The Labute approximate surface area is 347 Å². The molecule has 2 aromatic rings. The van der Waals surface area contributed by atoms with E-state index >= 15 is 0 Å². The molecule has 0 radical (unpaired) electrons. The van der Waals surface area contributed by atoms with E-state index in [9.17, 15) is 9.59 Å². The number of rotatable bonds is 19. The average molecular weight is 802 g/mol. The lowest BCUT2D eigenvalue weighted by Gasteiger charge is -2.27. The Morgan fingerprint density at radius 3 is 2.32 bits per heavy atom. The lowest BCUT2D eigenvalue weighted by Crippen LogP contribution is -3.00. The van der Waals surface area contributed by atoms with Gasteiger partial charge in [-0.2, -0.15) is 4.58 Å². The first-order valence-corrected chi connectivity index (χ1v) is 20.8. The summed E-state index contributed by atoms with van der Waals surface area (Å²) < 4.78 is 18.9. The van der Waals surface area contributed by atoms with Gasteiger partial charge in [-0.1, -0.05) is 87.4 Å². The molecule has 1 unspecified atom stereocenters. The number of para-hydroxylation sites is 2. The van der Waals surface area contributed by atoms with Crippen molar-refractivity contribution in [2.24, 2.45) is 0 Å². The Morgan fingerprint density at radius 1 is 0.825 bits per heavy atom. The van der Waals surface area contributed by atoms with Gasteiger partial charge in [0.1, 0.15) is 13.2 Å². The number of halogens is 1. The molecule has 0 fully saturated rings. The molecular weight excluding hydrogens is 736 g/mol. The van der Waals surface area contributed by atoms with E-state index in [-0.39, 0.29) is 35.2 Å². The van der Waals surface area contributed by atoms with Crippen LogP contribution in [-0.4, -0.2) is 81.5 Å². The van der Waals surface area contributed by atoms with E-state index in [0.717, 1.165) is 45.1 Å². The second-order valence-corrected chi connectivity index (χ2v) is 16.0. The number of benzene rings is 2. The van der Waals surface area contributed by atoms with E-state index in [1.165, 1.54) is 46.8 Å². The molecule has 0 saturated heterocycles. The summed E-state index contributed by atoms with van der Waals surface area (Å²) in [5, 5.41) is 5.71. The molecule has 310 valence electrons. The quantitative estimate of drug-likeness (QED) is 0.0807. The van der Waals surface area contributed by atoms with Crippen LogP contribution in [0.4, 0.5) is 16.2 Å². The summed E-state index contributed by atoms with van der Waals surface area (Å²) in [5.74, 6) is 0.0540. The largest absolute Gasteiger partial charge is 1.00 e. The van der Waals surface area contributed by atoms with Gasteiger partial charge in [0.15, 0.2) is 5.71 Å². The maximum atomic E-state index is 12.5. The topological polar surface area (TPSA) is 92.1 Å². The highest BCUT2D eigenvalue weighted by atomic mass is 35.5. The number of nitrogens with zero attached hydrogens (tertiary/aromatic N) is 2. The predicted molar refractivity (Wildman–Crippen MR) is 227 cm³/mol. The maximum Gasteiger partial charge on any atom is 0.407 e. The fourth-order valence-corrected chi connectivity index (χ4v) is 8.08. The lowest BCUT2D eigenvalue weighted by molar-refractivity contribution is -0.401. The second kappa shape index (κ2) is 22.7.